The number of amides is 1. The Kier molecular flexibility index (Phi) is 4.50. The highest BCUT2D eigenvalue weighted by molar-refractivity contribution is 5.94. The first-order chi connectivity index (χ1) is 11.6. The number of hydrogen-bond donors (Lipinski definition) is 1. The first-order valence-electron chi connectivity index (χ1n) is 7.34. The molecule has 2 aromatic carbocycles. The van der Waals surface area contributed by atoms with E-state index in [0.717, 1.165) is 10.6 Å². The topological polar surface area (TPSA) is 46.9 Å². The van der Waals surface area contributed by atoms with Crippen LogP contribution in [-0.2, 0) is 6.42 Å². The van der Waals surface area contributed by atoms with Gasteiger partial charge in [0.05, 0.1) is 11.0 Å². The van der Waals surface area contributed by atoms with Crippen molar-refractivity contribution in [1.82, 2.24) is 14.9 Å². The number of hydrogen-bond acceptors (Lipinski definition) is 2. The Morgan fingerprint density at radius 1 is 1.17 bits per heavy atom. The number of imidazole rings is 1. The third kappa shape index (κ3) is 3.24. The van der Waals surface area contributed by atoms with E-state index in [1.807, 2.05) is 0 Å². The zero-order valence-corrected chi connectivity index (χ0v) is 12.5. The Labute approximate surface area is 135 Å². The lowest BCUT2D eigenvalue weighted by Crippen LogP contribution is -2.26. The summed E-state index contributed by atoms with van der Waals surface area (Å²) < 4.78 is 40.5. The Hall–Kier alpha value is -2.83. The van der Waals surface area contributed by atoms with Crippen LogP contribution in [-0.4, -0.2) is 22.0 Å². The quantitative estimate of drug-likeness (QED) is 0.776. The number of para-hydroxylation sites is 2. The van der Waals surface area contributed by atoms with Crippen LogP contribution in [0, 0.1) is 5.82 Å². The average Bonchev–Trinajstić information content (AvgIpc) is 2.93. The summed E-state index contributed by atoms with van der Waals surface area (Å²) in [6.07, 6.45) is 0.139. The third-order valence-electron chi connectivity index (χ3n) is 3.59. The van der Waals surface area contributed by atoms with Gasteiger partial charge in [-0.3, -0.25) is 9.36 Å². The van der Waals surface area contributed by atoms with Crippen LogP contribution < -0.4 is 5.32 Å². The van der Waals surface area contributed by atoms with Crippen molar-refractivity contribution in [3.8, 4) is 0 Å². The maximum atomic E-state index is 13.3. The van der Waals surface area contributed by atoms with E-state index in [1.165, 1.54) is 18.2 Å². The van der Waals surface area contributed by atoms with Gasteiger partial charge < -0.3 is 5.32 Å². The molecule has 24 heavy (non-hydrogen) atoms. The number of nitrogens with one attached hydrogen (secondary N) is 1. The summed E-state index contributed by atoms with van der Waals surface area (Å²) in [5.41, 5.74) is 1.00. The Morgan fingerprint density at radius 2 is 1.96 bits per heavy atom. The number of alkyl halides is 2. The van der Waals surface area contributed by atoms with Crippen LogP contribution in [0.5, 0.6) is 0 Å². The van der Waals surface area contributed by atoms with Crippen molar-refractivity contribution in [1.29, 1.82) is 0 Å². The van der Waals surface area contributed by atoms with Crippen molar-refractivity contribution in [3.05, 3.63) is 65.7 Å². The minimum absolute atomic E-state index is 0.116. The van der Waals surface area contributed by atoms with Gasteiger partial charge in [0.25, 0.3) is 5.91 Å². The molecule has 1 amide bonds. The van der Waals surface area contributed by atoms with Gasteiger partial charge in [-0.15, -0.1) is 0 Å². The SMILES string of the molecule is O=C(NCCc1nc2ccccc2n1C(F)F)c1cccc(F)c1. The van der Waals surface area contributed by atoms with Crippen molar-refractivity contribution >= 4 is 16.9 Å². The maximum absolute atomic E-state index is 13.3. The molecule has 0 atom stereocenters. The van der Waals surface area contributed by atoms with E-state index in [0.29, 0.717) is 11.0 Å². The second kappa shape index (κ2) is 6.74. The Morgan fingerprint density at radius 3 is 2.71 bits per heavy atom. The molecule has 0 radical (unpaired) electrons. The predicted molar refractivity (Wildman–Crippen MR) is 83.4 cm³/mol. The van der Waals surface area contributed by atoms with Crippen LogP contribution in [0.1, 0.15) is 22.7 Å². The first-order valence-corrected chi connectivity index (χ1v) is 7.34. The van der Waals surface area contributed by atoms with Gasteiger partial charge in [0.1, 0.15) is 11.6 Å². The smallest absolute Gasteiger partial charge is 0.320 e. The normalized spacial score (nSPS) is 11.2. The summed E-state index contributed by atoms with van der Waals surface area (Å²) in [5.74, 6) is -0.790. The molecule has 0 aliphatic heterocycles. The Bertz CT molecular complexity index is 876. The summed E-state index contributed by atoms with van der Waals surface area (Å²) in [5, 5.41) is 2.58. The van der Waals surface area contributed by atoms with Gasteiger partial charge in [-0.25, -0.2) is 9.37 Å². The third-order valence-corrected chi connectivity index (χ3v) is 3.59. The van der Waals surface area contributed by atoms with Gasteiger partial charge in [0.15, 0.2) is 0 Å². The number of aromatic nitrogens is 2. The molecule has 0 bridgehead atoms. The van der Waals surface area contributed by atoms with E-state index < -0.39 is 18.3 Å². The van der Waals surface area contributed by atoms with Crippen LogP contribution in [0.2, 0.25) is 0 Å². The summed E-state index contributed by atoms with van der Waals surface area (Å²) in [4.78, 5) is 16.1. The van der Waals surface area contributed by atoms with Crippen LogP contribution in [0.15, 0.2) is 48.5 Å². The highest BCUT2D eigenvalue weighted by Crippen LogP contribution is 2.23. The van der Waals surface area contributed by atoms with Crippen LogP contribution in [0.4, 0.5) is 13.2 Å². The molecule has 1 heterocycles. The largest absolute Gasteiger partial charge is 0.352 e. The number of nitrogens with zero attached hydrogens (tertiary/aromatic N) is 2. The standard InChI is InChI=1S/C17H14F3N3O/c18-12-5-3-4-11(10-12)16(24)21-9-8-15-22-13-6-1-2-7-14(13)23(15)17(19)20/h1-7,10,17H,8-9H2,(H,21,24). The molecular formula is C17H14F3N3O. The van der Waals surface area contributed by atoms with E-state index in [2.05, 4.69) is 10.3 Å². The molecule has 1 aromatic heterocycles. The average molecular weight is 333 g/mol. The van der Waals surface area contributed by atoms with E-state index in [4.69, 9.17) is 0 Å². The van der Waals surface area contributed by atoms with E-state index in [9.17, 15) is 18.0 Å². The number of fused-ring (bicyclic) bond motifs is 1. The molecule has 1 N–H and O–H groups in total. The molecule has 0 aliphatic carbocycles. The van der Waals surface area contributed by atoms with E-state index in [1.54, 1.807) is 24.3 Å². The minimum Gasteiger partial charge on any atom is -0.352 e. The van der Waals surface area contributed by atoms with Crippen molar-refractivity contribution in [2.75, 3.05) is 6.54 Å². The molecule has 4 nitrogen and oxygen atoms in total. The fourth-order valence-electron chi connectivity index (χ4n) is 2.51. The lowest BCUT2D eigenvalue weighted by atomic mass is 10.2. The zero-order valence-electron chi connectivity index (χ0n) is 12.5. The molecular weight excluding hydrogens is 319 g/mol. The molecule has 3 aromatic rings. The molecule has 0 saturated carbocycles. The van der Waals surface area contributed by atoms with Gasteiger partial charge in [-0.05, 0) is 30.3 Å². The van der Waals surface area contributed by atoms with Crippen molar-refractivity contribution in [3.63, 3.8) is 0 Å². The van der Waals surface area contributed by atoms with Crippen molar-refractivity contribution in [2.45, 2.75) is 13.0 Å². The molecule has 0 spiro atoms. The summed E-state index contributed by atoms with van der Waals surface area (Å²) in [7, 11) is 0. The Balaban J connectivity index is 1.72. The molecule has 0 fully saturated rings. The van der Waals surface area contributed by atoms with Crippen LogP contribution in [0.3, 0.4) is 0 Å². The van der Waals surface area contributed by atoms with Gasteiger partial charge >= 0.3 is 6.55 Å². The van der Waals surface area contributed by atoms with Gasteiger partial charge in [0.2, 0.25) is 0 Å². The summed E-state index contributed by atoms with van der Waals surface area (Å²) in [6, 6.07) is 11.9. The fraction of sp³-hybridized carbons (Fsp3) is 0.176. The molecule has 124 valence electrons. The van der Waals surface area contributed by atoms with Crippen molar-refractivity contribution in [2.24, 2.45) is 0 Å². The van der Waals surface area contributed by atoms with Gasteiger partial charge in [0, 0.05) is 18.5 Å². The molecule has 0 saturated heterocycles. The second-order valence-corrected chi connectivity index (χ2v) is 5.18. The predicted octanol–water partition coefficient (Wildman–Crippen LogP) is 3.54. The number of halogens is 3. The van der Waals surface area contributed by atoms with Gasteiger partial charge in [-0.2, -0.15) is 8.78 Å². The van der Waals surface area contributed by atoms with Gasteiger partial charge in [-0.1, -0.05) is 18.2 Å². The number of benzene rings is 2. The lowest BCUT2D eigenvalue weighted by molar-refractivity contribution is 0.0715. The molecule has 0 unspecified atom stereocenters. The zero-order chi connectivity index (χ0) is 17.1. The van der Waals surface area contributed by atoms with Crippen molar-refractivity contribution < 1.29 is 18.0 Å². The van der Waals surface area contributed by atoms with E-state index in [-0.39, 0.29) is 24.4 Å². The second-order valence-electron chi connectivity index (χ2n) is 5.18. The van der Waals surface area contributed by atoms with Crippen LogP contribution in [0.25, 0.3) is 11.0 Å². The minimum atomic E-state index is -2.72. The highest BCUT2D eigenvalue weighted by Gasteiger charge is 2.17. The maximum Gasteiger partial charge on any atom is 0.320 e. The molecule has 0 aliphatic rings. The lowest BCUT2D eigenvalue weighted by Gasteiger charge is -2.08. The van der Waals surface area contributed by atoms with Crippen LogP contribution >= 0.6 is 0 Å². The summed E-state index contributed by atoms with van der Waals surface area (Å²) in [6.45, 7) is -2.60. The fourth-order valence-corrected chi connectivity index (χ4v) is 2.51. The number of rotatable bonds is 5. The monoisotopic (exact) mass is 333 g/mol. The highest BCUT2D eigenvalue weighted by atomic mass is 19.3. The summed E-state index contributed by atoms with van der Waals surface area (Å²) >= 11 is 0. The first kappa shape index (κ1) is 16.0. The van der Waals surface area contributed by atoms with E-state index >= 15 is 0 Å². The molecule has 3 rings (SSSR count). The number of carbonyl (C=O) groups is 1. The molecule has 7 heteroatoms. The number of carbonyl (C=O) groups excluding carboxylic acids is 1.